The minimum Gasteiger partial charge on any atom is -0.370 e. The van der Waals surface area contributed by atoms with Crippen LogP contribution in [0.25, 0.3) is 0 Å². The number of piperidine rings is 1. The number of nitrogens with two attached hydrogens (primary N) is 1. The summed E-state index contributed by atoms with van der Waals surface area (Å²) in [4.78, 5) is 2.44. The van der Waals surface area contributed by atoms with E-state index < -0.39 is 0 Å². The molecule has 0 amide bonds. The van der Waals surface area contributed by atoms with E-state index in [2.05, 4.69) is 24.8 Å². The molecule has 1 aliphatic rings. The zero-order valence-electron chi connectivity index (χ0n) is 12.0. The Morgan fingerprint density at radius 3 is 2.68 bits per heavy atom. The first-order valence-electron chi connectivity index (χ1n) is 7.39. The summed E-state index contributed by atoms with van der Waals surface area (Å²) < 4.78 is 0. The summed E-state index contributed by atoms with van der Waals surface area (Å²) in [6, 6.07) is 6.43. The van der Waals surface area contributed by atoms with Crippen molar-refractivity contribution in [2.24, 2.45) is 11.7 Å². The second-order valence-corrected chi connectivity index (χ2v) is 6.20. The van der Waals surface area contributed by atoms with Crippen LogP contribution >= 0.6 is 11.6 Å². The number of nitrogens with zero attached hydrogens (tertiary/aromatic N) is 1. The highest BCUT2D eigenvalue weighted by Crippen LogP contribution is 2.33. The number of para-hydroxylation sites is 1. The summed E-state index contributed by atoms with van der Waals surface area (Å²) in [6.07, 6.45) is 4.43. The maximum absolute atomic E-state index is 6.44. The normalized spacial score (nSPS) is 18.6. The fraction of sp³-hybridized carbons (Fsp3) is 0.625. The number of hydrogen-bond acceptors (Lipinski definition) is 2. The van der Waals surface area contributed by atoms with Crippen molar-refractivity contribution in [1.82, 2.24) is 0 Å². The molecule has 0 saturated carbocycles. The predicted molar refractivity (Wildman–Crippen MR) is 84.0 cm³/mol. The van der Waals surface area contributed by atoms with Crippen LogP contribution in [0.4, 0.5) is 5.69 Å². The molecule has 0 aromatic heterocycles. The van der Waals surface area contributed by atoms with Gasteiger partial charge in [-0.15, -0.1) is 0 Å². The molecule has 0 spiro atoms. The van der Waals surface area contributed by atoms with Gasteiger partial charge in [-0.05, 0) is 43.2 Å². The van der Waals surface area contributed by atoms with E-state index in [-0.39, 0.29) is 6.04 Å². The SMILES string of the molecule is CCC(N)Cc1cccc(Cl)c1N1CCC(C)CC1. The fourth-order valence-electron chi connectivity index (χ4n) is 2.74. The lowest BCUT2D eigenvalue weighted by molar-refractivity contribution is 0.437. The van der Waals surface area contributed by atoms with Crippen LogP contribution in [-0.4, -0.2) is 19.1 Å². The molecule has 0 radical (unpaired) electrons. The van der Waals surface area contributed by atoms with E-state index in [1.54, 1.807) is 0 Å². The molecule has 1 aromatic carbocycles. The van der Waals surface area contributed by atoms with Crippen molar-refractivity contribution in [2.45, 2.75) is 45.6 Å². The second-order valence-electron chi connectivity index (χ2n) is 5.79. The maximum atomic E-state index is 6.44. The number of rotatable bonds is 4. The van der Waals surface area contributed by atoms with Gasteiger partial charge in [0, 0.05) is 19.1 Å². The van der Waals surface area contributed by atoms with Gasteiger partial charge < -0.3 is 10.6 Å². The Labute approximate surface area is 121 Å². The molecule has 1 aromatic rings. The van der Waals surface area contributed by atoms with Crippen LogP contribution in [0.3, 0.4) is 0 Å². The Hall–Kier alpha value is -0.730. The lowest BCUT2D eigenvalue weighted by Crippen LogP contribution is -2.34. The molecule has 2 nitrogen and oxygen atoms in total. The second kappa shape index (κ2) is 6.62. The van der Waals surface area contributed by atoms with Gasteiger partial charge in [0.2, 0.25) is 0 Å². The van der Waals surface area contributed by atoms with Crippen LogP contribution in [0.5, 0.6) is 0 Å². The van der Waals surface area contributed by atoms with Gasteiger partial charge in [0.25, 0.3) is 0 Å². The van der Waals surface area contributed by atoms with Crippen molar-refractivity contribution < 1.29 is 0 Å². The van der Waals surface area contributed by atoms with Crippen molar-refractivity contribution in [1.29, 1.82) is 0 Å². The highest BCUT2D eigenvalue weighted by Gasteiger charge is 2.21. The Bertz CT molecular complexity index is 411. The van der Waals surface area contributed by atoms with E-state index in [1.807, 2.05) is 12.1 Å². The first-order valence-corrected chi connectivity index (χ1v) is 7.77. The van der Waals surface area contributed by atoms with Crippen LogP contribution in [0.2, 0.25) is 5.02 Å². The van der Waals surface area contributed by atoms with Gasteiger partial charge in [0.05, 0.1) is 10.7 Å². The lowest BCUT2D eigenvalue weighted by atomic mass is 9.96. The van der Waals surface area contributed by atoms with E-state index in [1.165, 1.54) is 24.1 Å². The zero-order valence-corrected chi connectivity index (χ0v) is 12.8. The minimum atomic E-state index is 0.223. The number of hydrogen-bond donors (Lipinski definition) is 1. The van der Waals surface area contributed by atoms with Crippen LogP contribution in [0.1, 0.15) is 38.7 Å². The topological polar surface area (TPSA) is 29.3 Å². The molecular weight excluding hydrogens is 256 g/mol. The molecule has 3 heteroatoms. The summed E-state index contributed by atoms with van der Waals surface area (Å²) in [5.74, 6) is 0.833. The summed E-state index contributed by atoms with van der Waals surface area (Å²) in [7, 11) is 0. The third-order valence-electron chi connectivity index (χ3n) is 4.18. The minimum absolute atomic E-state index is 0.223. The Kier molecular flexibility index (Phi) is 5.12. The standard InChI is InChI=1S/C16H25ClN2/c1-3-14(18)11-13-5-4-6-15(17)16(13)19-9-7-12(2)8-10-19/h4-6,12,14H,3,7-11,18H2,1-2H3. The number of benzene rings is 1. The van der Waals surface area contributed by atoms with Crippen LogP contribution in [0, 0.1) is 5.92 Å². The van der Waals surface area contributed by atoms with E-state index >= 15 is 0 Å². The molecule has 1 aliphatic heterocycles. The third kappa shape index (κ3) is 3.64. The molecule has 2 N–H and O–H groups in total. The van der Waals surface area contributed by atoms with Crippen LogP contribution < -0.4 is 10.6 Å². The highest BCUT2D eigenvalue weighted by molar-refractivity contribution is 6.33. The Balaban J connectivity index is 2.22. The number of anilines is 1. The van der Waals surface area contributed by atoms with E-state index in [0.29, 0.717) is 0 Å². The zero-order chi connectivity index (χ0) is 13.8. The van der Waals surface area contributed by atoms with Gasteiger partial charge in [0.15, 0.2) is 0 Å². The molecular formula is C16H25ClN2. The Morgan fingerprint density at radius 1 is 1.37 bits per heavy atom. The van der Waals surface area contributed by atoms with Crippen molar-refractivity contribution in [3.8, 4) is 0 Å². The summed E-state index contributed by atoms with van der Waals surface area (Å²) in [5.41, 5.74) is 8.64. The monoisotopic (exact) mass is 280 g/mol. The van der Waals surface area contributed by atoms with E-state index in [9.17, 15) is 0 Å². The maximum Gasteiger partial charge on any atom is 0.0642 e. The van der Waals surface area contributed by atoms with E-state index in [0.717, 1.165) is 36.9 Å². The molecule has 1 saturated heterocycles. The first kappa shape index (κ1) is 14.7. The van der Waals surface area contributed by atoms with Crippen molar-refractivity contribution in [3.05, 3.63) is 28.8 Å². The lowest BCUT2D eigenvalue weighted by Gasteiger charge is -2.34. The molecule has 1 fully saturated rings. The first-order chi connectivity index (χ1) is 9.11. The van der Waals surface area contributed by atoms with Gasteiger partial charge in [-0.1, -0.05) is 37.6 Å². The van der Waals surface area contributed by atoms with Gasteiger partial charge in [-0.2, -0.15) is 0 Å². The molecule has 19 heavy (non-hydrogen) atoms. The summed E-state index contributed by atoms with van der Waals surface area (Å²) >= 11 is 6.44. The highest BCUT2D eigenvalue weighted by atomic mass is 35.5. The van der Waals surface area contributed by atoms with Gasteiger partial charge >= 0.3 is 0 Å². The van der Waals surface area contributed by atoms with Gasteiger partial charge in [-0.3, -0.25) is 0 Å². The van der Waals surface area contributed by atoms with Crippen LogP contribution in [-0.2, 0) is 6.42 Å². The average Bonchev–Trinajstić information content (AvgIpc) is 2.40. The summed E-state index contributed by atoms with van der Waals surface area (Å²) in [5, 5.41) is 0.871. The molecule has 2 rings (SSSR count). The third-order valence-corrected chi connectivity index (χ3v) is 4.48. The smallest absolute Gasteiger partial charge is 0.0642 e. The molecule has 1 heterocycles. The number of halogens is 1. The largest absolute Gasteiger partial charge is 0.370 e. The molecule has 0 bridgehead atoms. The van der Waals surface area contributed by atoms with Crippen molar-refractivity contribution >= 4 is 17.3 Å². The Morgan fingerprint density at radius 2 is 2.05 bits per heavy atom. The van der Waals surface area contributed by atoms with Crippen molar-refractivity contribution in [2.75, 3.05) is 18.0 Å². The average molecular weight is 281 g/mol. The van der Waals surface area contributed by atoms with E-state index in [4.69, 9.17) is 17.3 Å². The molecule has 1 atom stereocenters. The summed E-state index contributed by atoms with van der Waals surface area (Å²) in [6.45, 7) is 6.69. The van der Waals surface area contributed by atoms with Crippen LogP contribution in [0.15, 0.2) is 18.2 Å². The predicted octanol–water partition coefficient (Wildman–Crippen LogP) is 3.86. The van der Waals surface area contributed by atoms with Crippen molar-refractivity contribution in [3.63, 3.8) is 0 Å². The van der Waals surface area contributed by atoms with Gasteiger partial charge in [0.1, 0.15) is 0 Å². The quantitative estimate of drug-likeness (QED) is 0.907. The molecule has 1 unspecified atom stereocenters. The van der Waals surface area contributed by atoms with Gasteiger partial charge in [-0.25, -0.2) is 0 Å². The fourth-order valence-corrected chi connectivity index (χ4v) is 3.05. The molecule has 0 aliphatic carbocycles. The molecule has 106 valence electrons.